The summed E-state index contributed by atoms with van der Waals surface area (Å²) in [4.78, 5) is 105. The first kappa shape index (κ1) is 42.7. The summed E-state index contributed by atoms with van der Waals surface area (Å²) in [5.41, 5.74) is 6.54. The molecule has 336 valence electrons. The number of hydrogen-bond acceptors (Lipinski definition) is 13. The Bertz CT molecular complexity index is 2830. The molecule has 10 amide bonds. The lowest BCUT2D eigenvalue weighted by Gasteiger charge is -2.20. The van der Waals surface area contributed by atoms with Crippen LogP contribution in [0.25, 0.3) is 11.5 Å². The van der Waals surface area contributed by atoms with E-state index in [0.717, 1.165) is 16.0 Å². The summed E-state index contributed by atoms with van der Waals surface area (Å²) in [5, 5.41) is 18.7. The van der Waals surface area contributed by atoms with Gasteiger partial charge in [-0.1, -0.05) is 42.5 Å². The van der Waals surface area contributed by atoms with Crippen LogP contribution in [0.2, 0.25) is 0 Å². The molecule has 6 N–H and O–H groups in total. The minimum Gasteiger partial charge on any atom is -0.427 e. The van der Waals surface area contributed by atoms with E-state index in [1.54, 1.807) is 60.7 Å². The number of imide groups is 2. The van der Waals surface area contributed by atoms with Crippen molar-refractivity contribution in [3.05, 3.63) is 130 Å². The van der Waals surface area contributed by atoms with Crippen molar-refractivity contribution in [2.45, 2.75) is 49.9 Å². The highest BCUT2D eigenvalue weighted by atomic mass is 16.6. The number of urea groups is 2. The Morgan fingerprint density at radius 3 is 1.94 bits per heavy atom. The monoisotopic (exact) mass is 896 g/mol. The van der Waals surface area contributed by atoms with E-state index in [-0.39, 0.29) is 43.3 Å². The molecule has 3 heterocycles. The van der Waals surface area contributed by atoms with Gasteiger partial charge in [0.1, 0.15) is 13.1 Å². The number of hydrazine groups is 1. The number of nitrogens with zero attached hydrogens (tertiary/aromatic N) is 4. The second kappa shape index (κ2) is 17.2. The number of hydrogen-bond donors (Lipinski definition) is 6. The van der Waals surface area contributed by atoms with Crippen LogP contribution >= 0.6 is 0 Å². The van der Waals surface area contributed by atoms with E-state index < -0.39 is 65.6 Å². The lowest BCUT2D eigenvalue weighted by atomic mass is 9.94. The molecule has 5 aromatic rings. The normalized spacial score (nSPS) is 19.0. The van der Waals surface area contributed by atoms with Crippen molar-refractivity contribution < 1.29 is 52.2 Å². The first-order chi connectivity index (χ1) is 31.9. The van der Waals surface area contributed by atoms with Crippen molar-refractivity contribution in [1.82, 2.24) is 41.5 Å². The number of carbonyl (C=O) groups excluding carboxylic acids is 8. The Kier molecular flexibility index (Phi) is 11.1. The molecule has 2 atom stereocenters. The van der Waals surface area contributed by atoms with Crippen LogP contribution in [-0.2, 0) is 60.9 Å². The van der Waals surface area contributed by atoms with Gasteiger partial charge < -0.3 is 35.2 Å². The molecule has 1 aromatic heterocycles. The third-order valence-corrected chi connectivity index (χ3v) is 11.8. The summed E-state index contributed by atoms with van der Waals surface area (Å²) in [6.45, 7) is -0.700. The highest BCUT2D eigenvalue weighted by molar-refractivity contribution is 6.07. The summed E-state index contributed by atoms with van der Waals surface area (Å²) >= 11 is 0. The van der Waals surface area contributed by atoms with Gasteiger partial charge in [-0.2, -0.15) is 0 Å². The van der Waals surface area contributed by atoms with E-state index in [0.29, 0.717) is 57.8 Å². The summed E-state index contributed by atoms with van der Waals surface area (Å²) in [6, 6.07) is 24.6. The van der Waals surface area contributed by atoms with Crippen molar-refractivity contribution in [2.75, 3.05) is 30.8 Å². The molecule has 2 saturated heterocycles. The maximum absolute atomic E-state index is 13.7. The predicted octanol–water partition coefficient (Wildman–Crippen LogP) is 3.75. The lowest BCUT2D eigenvalue weighted by Crippen LogP contribution is -2.48. The maximum atomic E-state index is 13.7. The van der Waals surface area contributed by atoms with Crippen LogP contribution in [0.5, 0.6) is 0 Å². The van der Waals surface area contributed by atoms with Gasteiger partial charge in [-0.15, -0.1) is 10.2 Å². The maximum Gasteiger partial charge on any atom is 0.418 e. The summed E-state index contributed by atoms with van der Waals surface area (Å²) in [5.74, 6) is -2.40. The molecule has 0 unspecified atom stereocenters. The van der Waals surface area contributed by atoms with Crippen LogP contribution in [0.15, 0.2) is 95.4 Å². The molecule has 21 heteroatoms. The Hall–Kier alpha value is -8.62. The van der Waals surface area contributed by atoms with Gasteiger partial charge >= 0.3 is 24.2 Å². The van der Waals surface area contributed by atoms with Gasteiger partial charge in [-0.05, 0) is 84.5 Å². The van der Waals surface area contributed by atoms with E-state index in [9.17, 15) is 38.4 Å². The van der Waals surface area contributed by atoms with Gasteiger partial charge in [0.25, 0.3) is 23.6 Å². The van der Waals surface area contributed by atoms with E-state index in [4.69, 9.17) is 13.9 Å². The fourth-order valence-corrected chi connectivity index (χ4v) is 8.51. The average molecular weight is 897 g/mol. The molecule has 2 fully saturated rings. The molecule has 9 rings (SSSR count). The molecule has 2 aliphatic carbocycles. The first-order valence-corrected chi connectivity index (χ1v) is 20.8. The van der Waals surface area contributed by atoms with Crippen LogP contribution in [0.3, 0.4) is 0 Å². The van der Waals surface area contributed by atoms with Crippen LogP contribution in [-0.4, -0.2) is 88.0 Å². The van der Waals surface area contributed by atoms with Crippen LogP contribution < -0.4 is 32.1 Å². The quantitative estimate of drug-likeness (QED) is 0.103. The number of aromatic nitrogens is 2. The molecule has 0 bridgehead atoms. The smallest absolute Gasteiger partial charge is 0.418 e. The van der Waals surface area contributed by atoms with Gasteiger partial charge in [0.15, 0.2) is 0 Å². The Morgan fingerprint density at radius 1 is 0.697 bits per heavy atom. The Morgan fingerprint density at radius 2 is 1.30 bits per heavy atom. The van der Waals surface area contributed by atoms with Crippen LogP contribution in [0, 0.1) is 0 Å². The number of anilines is 2. The SMILES string of the molecule is CNC(=O)Nc1ccc2c(c1)CC[C@]21OC(=O)N(CC(=O)NNC(=O)c2ccc(CCNC(=O)Nc3ccc4c(c3)CC[C@]43OC(=O)N(Cc4nnc(-c5ccccc5)o4)C3=O)cc2)C1=O. The zero-order chi connectivity index (χ0) is 46.2. The van der Waals surface area contributed by atoms with Gasteiger partial charge in [-0.3, -0.25) is 30.0 Å². The molecule has 4 aliphatic rings. The third-order valence-electron chi connectivity index (χ3n) is 11.8. The van der Waals surface area contributed by atoms with Crippen LogP contribution in [0.1, 0.15) is 56.9 Å². The Balaban J connectivity index is 0.715. The molecule has 2 spiro atoms. The number of aryl methyl sites for hydroxylation is 2. The number of nitrogens with one attached hydrogen (secondary N) is 6. The molecule has 66 heavy (non-hydrogen) atoms. The molecule has 4 aromatic carbocycles. The highest BCUT2D eigenvalue weighted by Crippen LogP contribution is 2.47. The zero-order valence-electron chi connectivity index (χ0n) is 35.1. The topological polar surface area (TPSA) is 273 Å². The summed E-state index contributed by atoms with van der Waals surface area (Å²) in [6.07, 6.45) is -0.185. The van der Waals surface area contributed by atoms with E-state index in [1.807, 2.05) is 18.2 Å². The molecular weight excluding hydrogens is 857 g/mol. The Labute approximate surface area is 374 Å². The highest BCUT2D eigenvalue weighted by Gasteiger charge is 2.59. The number of benzene rings is 4. The largest absolute Gasteiger partial charge is 0.427 e. The second-order valence-corrected chi connectivity index (χ2v) is 15.8. The molecule has 2 aliphatic heterocycles. The fourth-order valence-electron chi connectivity index (χ4n) is 8.51. The summed E-state index contributed by atoms with van der Waals surface area (Å²) in [7, 11) is 1.48. The van der Waals surface area contributed by atoms with Gasteiger partial charge in [0.2, 0.25) is 23.0 Å². The van der Waals surface area contributed by atoms with E-state index in [2.05, 4.69) is 42.3 Å². The standard InChI is InChI=1S/C45H40N10O11/c1-46-40(60)48-30-11-13-32-28(21-30)15-18-44(32)38(58)54(42(62)65-44)23-34(56)50-52-36(57)26-9-7-25(8-10-26)17-20-47-41(61)49-31-12-14-33-29(22-31)16-19-45(33)39(59)55(43(63)66-45)24-35-51-53-37(64-35)27-5-3-2-4-6-27/h2-14,21-22H,15-20,23-24H2,1H3,(H,50,56)(H,52,57)(H2,46,48,60)(H2,47,49,61)/t44-,45-/m0/s1. The van der Waals surface area contributed by atoms with Crippen molar-refractivity contribution in [3.63, 3.8) is 0 Å². The van der Waals surface area contributed by atoms with Gasteiger partial charge in [0.05, 0.1) is 0 Å². The third kappa shape index (κ3) is 7.97. The van der Waals surface area contributed by atoms with E-state index in [1.165, 1.54) is 19.2 Å². The summed E-state index contributed by atoms with van der Waals surface area (Å²) < 4.78 is 17.0. The van der Waals surface area contributed by atoms with E-state index >= 15 is 0 Å². The zero-order valence-corrected chi connectivity index (χ0v) is 35.1. The average Bonchev–Trinajstić information content (AvgIpc) is 4.13. The van der Waals surface area contributed by atoms with Gasteiger partial charge in [-0.25, -0.2) is 29.0 Å². The molecular formula is C45H40N10O11. The fraction of sp³-hybridized carbons (Fsp3) is 0.244. The minimum atomic E-state index is -1.59. The number of amides is 10. The minimum absolute atomic E-state index is 0.0796. The number of rotatable bonds is 11. The number of carbonyl (C=O) groups is 8. The van der Waals surface area contributed by atoms with Crippen molar-refractivity contribution in [3.8, 4) is 11.5 Å². The molecule has 21 nitrogen and oxygen atoms in total. The predicted molar refractivity (Wildman–Crippen MR) is 229 cm³/mol. The lowest BCUT2D eigenvalue weighted by molar-refractivity contribution is -0.139. The number of fused-ring (bicyclic) bond motifs is 4. The molecule has 0 radical (unpaired) electrons. The van der Waals surface area contributed by atoms with Crippen molar-refractivity contribution in [1.29, 1.82) is 0 Å². The van der Waals surface area contributed by atoms with Gasteiger partial charge in [0, 0.05) is 60.1 Å². The second-order valence-electron chi connectivity index (χ2n) is 15.8. The van der Waals surface area contributed by atoms with Crippen LogP contribution in [0.4, 0.5) is 30.6 Å². The van der Waals surface area contributed by atoms with Crippen molar-refractivity contribution in [2.24, 2.45) is 0 Å². The number of ether oxygens (including phenoxy) is 2. The van der Waals surface area contributed by atoms with Crippen molar-refractivity contribution >= 4 is 59.3 Å². The first-order valence-electron chi connectivity index (χ1n) is 20.8. The molecule has 0 saturated carbocycles.